The zero-order valence-electron chi connectivity index (χ0n) is 8.95. The first-order chi connectivity index (χ1) is 7.59. The lowest BCUT2D eigenvalue weighted by molar-refractivity contribution is -0.118. The molecule has 1 amide bonds. The highest BCUT2D eigenvalue weighted by Gasteiger charge is 2.13. The minimum Gasteiger partial charge on any atom is -0.323 e. The van der Waals surface area contributed by atoms with Crippen molar-refractivity contribution in [2.24, 2.45) is 5.92 Å². The van der Waals surface area contributed by atoms with Crippen LogP contribution < -0.4 is 5.32 Å². The Morgan fingerprint density at radius 2 is 2.25 bits per heavy atom. The largest absolute Gasteiger partial charge is 0.323 e. The van der Waals surface area contributed by atoms with E-state index in [1.807, 2.05) is 19.9 Å². The average Bonchev–Trinajstić information content (AvgIpc) is 2.70. The molecule has 1 aromatic carbocycles. The molecule has 0 fully saturated rings. The molecule has 3 nitrogen and oxygen atoms in total. The molecule has 1 N–H and O–H groups in total. The van der Waals surface area contributed by atoms with Crippen molar-refractivity contribution in [2.75, 3.05) is 5.32 Å². The van der Waals surface area contributed by atoms with Gasteiger partial charge < -0.3 is 5.32 Å². The van der Waals surface area contributed by atoms with Gasteiger partial charge in [-0.05, 0) is 12.1 Å². The molecule has 2 rings (SSSR count). The zero-order valence-corrected chi connectivity index (χ0v) is 10.5. The topological polar surface area (TPSA) is 42.0 Å². The number of nitrogens with zero attached hydrogens (tertiary/aromatic N) is 1. The Kier molecular flexibility index (Phi) is 3.12. The number of fused-ring (bicyclic) bond motifs is 1. The minimum atomic E-state index is -0.0787. The number of halogens is 1. The molecule has 1 aromatic heterocycles. The Hall–Kier alpha value is -1.13. The third-order valence-electron chi connectivity index (χ3n) is 2.22. The Labute approximate surface area is 102 Å². The predicted octanol–water partition coefficient (Wildman–Crippen LogP) is 3.54. The van der Waals surface area contributed by atoms with Crippen LogP contribution in [-0.2, 0) is 4.79 Å². The van der Waals surface area contributed by atoms with E-state index >= 15 is 0 Å². The smallest absolute Gasteiger partial charge is 0.227 e. The summed E-state index contributed by atoms with van der Waals surface area (Å²) in [4.78, 5) is 15.8. The van der Waals surface area contributed by atoms with Crippen molar-refractivity contribution in [2.45, 2.75) is 13.8 Å². The van der Waals surface area contributed by atoms with Crippen LogP contribution in [0.5, 0.6) is 0 Å². The van der Waals surface area contributed by atoms with Crippen LogP contribution in [0.1, 0.15) is 13.8 Å². The normalized spacial score (nSPS) is 11.0. The van der Waals surface area contributed by atoms with Crippen LogP contribution in [0.15, 0.2) is 17.6 Å². The predicted molar refractivity (Wildman–Crippen MR) is 68.1 cm³/mol. The summed E-state index contributed by atoms with van der Waals surface area (Å²) in [6.07, 6.45) is 0. The fraction of sp³-hybridized carbons (Fsp3) is 0.273. The summed E-state index contributed by atoms with van der Waals surface area (Å²) < 4.78 is 1.02. The van der Waals surface area contributed by atoms with Gasteiger partial charge in [0.15, 0.2) is 0 Å². The molecule has 0 aliphatic heterocycles. The number of benzene rings is 1. The van der Waals surface area contributed by atoms with E-state index in [1.165, 1.54) is 11.3 Å². The van der Waals surface area contributed by atoms with E-state index in [9.17, 15) is 4.79 Å². The lowest BCUT2D eigenvalue weighted by atomic mass is 10.2. The van der Waals surface area contributed by atoms with Crippen molar-refractivity contribution in [1.82, 2.24) is 4.98 Å². The monoisotopic (exact) mass is 254 g/mol. The standard InChI is InChI=1S/C11H11ClN2OS/c1-6(2)11(15)14-9-7(12)3-4-8-10(9)13-5-16-8/h3-6H,1-2H3,(H,14,15). The van der Waals surface area contributed by atoms with Crippen molar-refractivity contribution < 1.29 is 4.79 Å². The molecule has 2 aromatic rings. The van der Waals surface area contributed by atoms with Gasteiger partial charge in [-0.15, -0.1) is 11.3 Å². The van der Waals surface area contributed by atoms with Gasteiger partial charge in [0.25, 0.3) is 0 Å². The molecule has 0 saturated heterocycles. The van der Waals surface area contributed by atoms with Crippen LogP contribution in [0.2, 0.25) is 5.02 Å². The highest BCUT2D eigenvalue weighted by molar-refractivity contribution is 7.16. The molecule has 0 saturated carbocycles. The summed E-state index contributed by atoms with van der Waals surface area (Å²) in [6, 6.07) is 3.68. The second-order valence-electron chi connectivity index (χ2n) is 3.77. The van der Waals surface area contributed by atoms with Gasteiger partial charge in [0.1, 0.15) is 5.52 Å². The highest BCUT2D eigenvalue weighted by atomic mass is 35.5. The van der Waals surface area contributed by atoms with E-state index < -0.39 is 0 Å². The van der Waals surface area contributed by atoms with Crippen molar-refractivity contribution in [3.8, 4) is 0 Å². The van der Waals surface area contributed by atoms with Crippen LogP contribution in [0.25, 0.3) is 10.2 Å². The lowest BCUT2D eigenvalue weighted by Crippen LogP contribution is -2.18. The SMILES string of the molecule is CC(C)C(=O)Nc1c(Cl)ccc2scnc12. The van der Waals surface area contributed by atoms with Crippen LogP contribution in [0, 0.1) is 5.92 Å². The van der Waals surface area contributed by atoms with Crippen LogP contribution in [0.3, 0.4) is 0 Å². The maximum absolute atomic E-state index is 11.6. The van der Waals surface area contributed by atoms with Gasteiger partial charge in [0.05, 0.1) is 20.9 Å². The van der Waals surface area contributed by atoms with E-state index in [2.05, 4.69) is 10.3 Å². The van der Waals surface area contributed by atoms with Crippen molar-refractivity contribution in [3.05, 3.63) is 22.7 Å². The molecule has 84 valence electrons. The van der Waals surface area contributed by atoms with Crippen molar-refractivity contribution in [1.29, 1.82) is 0 Å². The fourth-order valence-electron chi connectivity index (χ4n) is 1.29. The van der Waals surface area contributed by atoms with Crippen LogP contribution in [0.4, 0.5) is 5.69 Å². The Balaban J connectivity index is 2.46. The molecule has 5 heteroatoms. The summed E-state index contributed by atoms with van der Waals surface area (Å²) in [5, 5.41) is 3.33. The summed E-state index contributed by atoms with van der Waals surface area (Å²) in [5.41, 5.74) is 3.11. The summed E-state index contributed by atoms with van der Waals surface area (Å²) in [7, 11) is 0. The first kappa shape index (κ1) is 11.4. The number of rotatable bonds is 2. The van der Waals surface area contributed by atoms with Crippen molar-refractivity contribution >= 4 is 44.7 Å². The van der Waals surface area contributed by atoms with E-state index in [0.717, 1.165) is 10.2 Å². The van der Waals surface area contributed by atoms with E-state index in [0.29, 0.717) is 10.7 Å². The molecule has 0 bridgehead atoms. The van der Waals surface area contributed by atoms with Crippen LogP contribution >= 0.6 is 22.9 Å². The molecule has 1 heterocycles. The number of hydrogen-bond donors (Lipinski definition) is 1. The van der Waals surface area contributed by atoms with Gasteiger partial charge in [0.2, 0.25) is 5.91 Å². The Bertz CT molecular complexity index is 536. The number of hydrogen-bond acceptors (Lipinski definition) is 3. The van der Waals surface area contributed by atoms with E-state index in [-0.39, 0.29) is 11.8 Å². The number of amides is 1. The fourth-order valence-corrected chi connectivity index (χ4v) is 2.18. The molecule has 0 spiro atoms. The minimum absolute atomic E-state index is 0.0533. The number of nitrogens with one attached hydrogen (secondary N) is 1. The third-order valence-corrected chi connectivity index (χ3v) is 3.33. The number of carbonyl (C=O) groups excluding carboxylic acids is 1. The van der Waals surface area contributed by atoms with Crippen LogP contribution in [-0.4, -0.2) is 10.9 Å². The average molecular weight is 255 g/mol. The molecular weight excluding hydrogens is 244 g/mol. The van der Waals surface area contributed by atoms with Crippen molar-refractivity contribution in [3.63, 3.8) is 0 Å². The van der Waals surface area contributed by atoms with Gasteiger partial charge in [-0.2, -0.15) is 0 Å². The lowest BCUT2D eigenvalue weighted by Gasteiger charge is -2.09. The molecular formula is C11H11ClN2OS. The molecule has 0 aliphatic rings. The van der Waals surface area contributed by atoms with E-state index in [1.54, 1.807) is 11.6 Å². The van der Waals surface area contributed by atoms with E-state index in [4.69, 9.17) is 11.6 Å². The quantitative estimate of drug-likeness (QED) is 0.891. The zero-order chi connectivity index (χ0) is 11.7. The van der Waals surface area contributed by atoms with Gasteiger partial charge in [0, 0.05) is 5.92 Å². The second kappa shape index (κ2) is 4.39. The van der Waals surface area contributed by atoms with Gasteiger partial charge in [-0.3, -0.25) is 4.79 Å². The maximum Gasteiger partial charge on any atom is 0.227 e. The molecule has 0 unspecified atom stereocenters. The third kappa shape index (κ3) is 2.03. The van der Waals surface area contributed by atoms with Gasteiger partial charge >= 0.3 is 0 Å². The highest BCUT2D eigenvalue weighted by Crippen LogP contribution is 2.32. The summed E-state index contributed by atoms with van der Waals surface area (Å²) >= 11 is 7.58. The molecule has 0 atom stereocenters. The number of anilines is 1. The first-order valence-corrected chi connectivity index (χ1v) is 6.18. The molecule has 0 aliphatic carbocycles. The maximum atomic E-state index is 11.6. The number of aromatic nitrogens is 1. The second-order valence-corrected chi connectivity index (χ2v) is 5.06. The number of carbonyl (C=O) groups is 1. The Morgan fingerprint density at radius 3 is 2.94 bits per heavy atom. The Morgan fingerprint density at radius 1 is 1.50 bits per heavy atom. The summed E-state index contributed by atoms with van der Waals surface area (Å²) in [5.74, 6) is -0.132. The van der Waals surface area contributed by atoms with Gasteiger partial charge in [-0.1, -0.05) is 25.4 Å². The molecule has 0 radical (unpaired) electrons. The van der Waals surface area contributed by atoms with Gasteiger partial charge in [-0.25, -0.2) is 4.98 Å². The molecule has 16 heavy (non-hydrogen) atoms. The number of thiazole rings is 1. The summed E-state index contributed by atoms with van der Waals surface area (Å²) in [6.45, 7) is 3.68. The first-order valence-electron chi connectivity index (χ1n) is 4.92.